The zero-order valence-electron chi connectivity index (χ0n) is 19.8. The molecule has 3 aromatic carbocycles. The van der Waals surface area contributed by atoms with Crippen molar-refractivity contribution in [2.75, 3.05) is 18.5 Å². The van der Waals surface area contributed by atoms with Gasteiger partial charge in [0.2, 0.25) is 0 Å². The molecule has 7 nitrogen and oxygen atoms in total. The number of hydrogen-bond acceptors (Lipinski definition) is 5. The van der Waals surface area contributed by atoms with E-state index in [1.807, 2.05) is 0 Å². The Morgan fingerprint density at radius 3 is 2.26 bits per heavy atom. The summed E-state index contributed by atoms with van der Waals surface area (Å²) in [6.07, 6.45) is -4.88. The molecule has 0 aliphatic carbocycles. The van der Waals surface area contributed by atoms with Crippen molar-refractivity contribution in [2.24, 2.45) is 5.10 Å². The molecule has 4 rings (SSSR count). The number of ether oxygens (including phenoxy) is 2. The van der Waals surface area contributed by atoms with Gasteiger partial charge in [-0.1, -0.05) is 51.8 Å². The van der Waals surface area contributed by atoms with Crippen molar-refractivity contribution >= 4 is 50.9 Å². The lowest BCUT2D eigenvalue weighted by atomic mass is 9.74. The van der Waals surface area contributed by atoms with Crippen molar-refractivity contribution in [3.05, 3.63) is 93.4 Å². The monoisotopic (exact) mass is 609 g/mol. The van der Waals surface area contributed by atoms with Crippen molar-refractivity contribution in [3.63, 3.8) is 0 Å². The Hall–Kier alpha value is -3.57. The Morgan fingerprint density at radius 1 is 1.05 bits per heavy atom. The summed E-state index contributed by atoms with van der Waals surface area (Å²) < 4.78 is 48.4. The van der Waals surface area contributed by atoms with Gasteiger partial charge in [-0.3, -0.25) is 4.79 Å². The fraction of sp³-hybridized carbons (Fsp3) is 0.192. The van der Waals surface area contributed by atoms with Crippen LogP contribution < -0.4 is 10.1 Å². The van der Waals surface area contributed by atoms with E-state index in [1.165, 1.54) is 12.1 Å². The molecular formula is C26H20BrClF3N3O4. The van der Waals surface area contributed by atoms with Crippen molar-refractivity contribution in [1.82, 2.24) is 5.01 Å². The summed E-state index contributed by atoms with van der Waals surface area (Å²) in [6.45, 7) is 1.37. The van der Waals surface area contributed by atoms with Crippen LogP contribution in [0.5, 0.6) is 5.75 Å². The maximum atomic E-state index is 13.6. The number of nitrogens with one attached hydrogen (secondary N) is 1. The molecule has 12 heteroatoms. The summed E-state index contributed by atoms with van der Waals surface area (Å²) in [5, 5.41) is 8.74. The maximum Gasteiger partial charge on any atom is 0.573 e. The van der Waals surface area contributed by atoms with E-state index >= 15 is 0 Å². The molecule has 0 saturated heterocycles. The second-order valence-corrected chi connectivity index (χ2v) is 9.50. The summed E-state index contributed by atoms with van der Waals surface area (Å²) in [5.41, 5.74) is -0.264. The van der Waals surface area contributed by atoms with E-state index in [1.54, 1.807) is 55.5 Å². The van der Waals surface area contributed by atoms with E-state index in [2.05, 4.69) is 31.1 Å². The third-order valence-electron chi connectivity index (χ3n) is 5.66. The first kappa shape index (κ1) is 27.5. The standard InChI is InChI=1S/C26H20BrClF3N3O4/c1-2-37-23(35)25(17-5-13-21(14-6-17)38-26(29,30)31)15-34(24(36)32-20-11-7-18(27)8-12-20)33-22(25)16-3-9-19(28)10-4-16/h3-14H,2,15H2,1H3,(H,32,36). The Balaban J connectivity index is 1.79. The topological polar surface area (TPSA) is 80.2 Å². The second-order valence-electron chi connectivity index (χ2n) is 8.15. The summed E-state index contributed by atoms with van der Waals surface area (Å²) in [4.78, 5) is 26.8. The summed E-state index contributed by atoms with van der Waals surface area (Å²) in [6, 6.07) is 17.5. The lowest BCUT2D eigenvalue weighted by Gasteiger charge is -2.29. The molecule has 0 saturated carbocycles. The van der Waals surface area contributed by atoms with Gasteiger partial charge in [0, 0.05) is 15.2 Å². The van der Waals surface area contributed by atoms with Gasteiger partial charge in [0.25, 0.3) is 0 Å². The van der Waals surface area contributed by atoms with E-state index in [4.69, 9.17) is 16.3 Å². The minimum atomic E-state index is -4.88. The first-order chi connectivity index (χ1) is 18.0. The third-order valence-corrected chi connectivity index (χ3v) is 6.44. The normalized spacial score (nSPS) is 17.1. The first-order valence-corrected chi connectivity index (χ1v) is 12.4. The molecule has 2 amide bonds. The summed E-state index contributed by atoms with van der Waals surface area (Å²) in [5.74, 6) is -1.19. The molecule has 0 aromatic heterocycles. The lowest BCUT2D eigenvalue weighted by molar-refractivity contribution is -0.274. The zero-order chi connectivity index (χ0) is 27.5. The predicted molar refractivity (Wildman–Crippen MR) is 139 cm³/mol. The maximum absolute atomic E-state index is 13.6. The lowest BCUT2D eigenvalue weighted by Crippen LogP contribution is -2.48. The fourth-order valence-corrected chi connectivity index (χ4v) is 4.38. The number of rotatable bonds is 6. The molecule has 1 heterocycles. The highest BCUT2D eigenvalue weighted by molar-refractivity contribution is 9.10. The minimum Gasteiger partial charge on any atom is -0.465 e. The van der Waals surface area contributed by atoms with Crippen LogP contribution in [0.15, 0.2) is 82.4 Å². The summed E-state index contributed by atoms with van der Waals surface area (Å²) in [7, 11) is 0. The molecule has 1 atom stereocenters. The van der Waals surface area contributed by atoms with Crippen LogP contribution in [0.4, 0.5) is 23.7 Å². The van der Waals surface area contributed by atoms with E-state index < -0.39 is 29.5 Å². The number of carbonyl (C=O) groups excluding carboxylic acids is 2. The smallest absolute Gasteiger partial charge is 0.465 e. The van der Waals surface area contributed by atoms with Crippen molar-refractivity contribution in [3.8, 4) is 5.75 Å². The van der Waals surface area contributed by atoms with Crippen LogP contribution >= 0.6 is 27.5 Å². The number of nitrogens with zero attached hydrogens (tertiary/aromatic N) is 2. The van der Waals surface area contributed by atoms with Gasteiger partial charge in [-0.15, -0.1) is 13.2 Å². The molecule has 38 heavy (non-hydrogen) atoms. The van der Waals surface area contributed by atoms with Crippen molar-refractivity contribution in [2.45, 2.75) is 18.7 Å². The highest BCUT2D eigenvalue weighted by atomic mass is 79.9. The zero-order valence-corrected chi connectivity index (χ0v) is 22.1. The van der Waals surface area contributed by atoms with Gasteiger partial charge < -0.3 is 14.8 Å². The van der Waals surface area contributed by atoms with E-state index in [0.717, 1.165) is 21.6 Å². The van der Waals surface area contributed by atoms with Gasteiger partial charge in [-0.25, -0.2) is 9.80 Å². The van der Waals surface area contributed by atoms with Gasteiger partial charge in [0.15, 0.2) is 5.41 Å². The van der Waals surface area contributed by atoms with Gasteiger partial charge in [-0.2, -0.15) is 5.10 Å². The number of carbonyl (C=O) groups is 2. The molecule has 0 spiro atoms. The van der Waals surface area contributed by atoms with Crippen molar-refractivity contribution in [1.29, 1.82) is 0 Å². The fourth-order valence-electron chi connectivity index (χ4n) is 3.99. The Kier molecular flexibility index (Phi) is 7.98. The largest absolute Gasteiger partial charge is 0.573 e. The van der Waals surface area contributed by atoms with Crippen LogP contribution in [-0.2, 0) is 14.9 Å². The van der Waals surface area contributed by atoms with Crippen LogP contribution in [0, 0.1) is 0 Å². The van der Waals surface area contributed by atoms with Gasteiger partial charge in [0.1, 0.15) is 5.75 Å². The molecule has 0 bridgehead atoms. The van der Waals surface area contributed by atoms with E-state index in [-0.39, 0.29) is 24.4 Å². The Labute approximate surface area is 229 Å². The van der Waals surface area contributed by atoms with Crippen LogP contribution in [0.25, 0.3) is 0 Å². The van der Waals surface area contributed by atoms with Crippen LogP contribution in [0.1, 0.15) is 18.1 Å². The number of anilines is 1. The van der Waals surface area contributed by atoms with E-state index in [0.29, 0.717) is 16.3 Å². The first-order valence-electron chi connectivity index (χ1n) is 11.2. The second kappa shape index (κ2) is 11.0. The molecule has 1 unspecified atom stereocenters. The SMILES string of the molecule is CCOC(=O)C1(c2ccc(OC(F)(F)F)cc2)CN(C(=O)Nc2ccc(Br)cc2)N=C1c1ccc(Cl)cc1. The molecule has 198 valence electrons. The van der Waals surface area contributed by atoms with Gasteiger partial charge in [-0.05, 0) is 66.6 Å². The van der Waals surface area contributed by atoms with Gasteiger partial charge in [0.05, 0.1) is 18.9 Å². The highest BCUT2D eigenvalue weighted by Crippen LogP contribution is 2.38. The molecule has 1 aliphatic heterocycles. The average Bonchev–Trinajstić information content (AvgIpc) is 3.28. The molecule has 1 N–H and O–H groups in total. The van der Waals surface area contributed by atoms with Crippen LogP contribution in [-0.4, -0.2) is 42.2 Å². The van der Waals surface area contributed by atoms with E-state index in [9.17, 15) is 22.8 Å². The number of halogens is 5. The highest BCUT2D eigenvalue weighted by Gasteiger charge is 2.53. The molecular weight excluding hydrogens is 591 g/mol. The van der Waals surface area contributed by atoms with Crippen molar-refractivity contribution < 1.29 is 32.2 Å². The number of urea groups is 1. The molecule has 0 fully saturated rings. The van der Waals surface area contributed by atoms with Crippen LogP contribution in [0.2, 0.25) is 5.02 Å². The average molecular weight is 611 g/mol. The molecule has 3 aromatic rings. The number of alkyl halides is 3. The minimum absolute atomic E-state index is 0.0227. The van der Waals surface area contributed by atoms with Gasteiger partial charge >= 0.3 is 18.4 Å². The number of hydrogen-bond donors (Lipinski definition) is 1. The summed E-state index contributed by atoms with van der Waals surface area (Å²) >= 11 is 9.39. The number of esters is 1. The number of benzene rings is 3. The number of hydrazone groups is 1. The predicted octanol–water partition coefficient (Wildman–Crippen LogP) is 6.75. The Bertz CT molecular complexity index is 1350. The Morgan fingerprint density at radius 2 is 1.68 bits per heavy atom. The van der Waals surface area contributed by atoms with Crippen LogP contribution in [0.3, 0.4) is 0 Å². The molecule has 0 radical (unpaired) electrons. The quantitative estimate of drug-likeness (QED) is 0.313. The third kappa shape index (κ3) is 5.94. The molecule has 1 aliphatic rings. The number of amides is 2.